The topological polar surface area (TPSA) is 36.1 Å². The minimum Gasteiger partial charge on any atom is -0.352 e. The number of piperidine rings is 1. The van der Waals surface area contributed by atoms with Crippen molar-refractivity contribution in [3.05, 3.63) is 28.0 Å². The second-order valence-corrected chi connectivity index (χ2v) is 5.08. The van der Waals surface area contributed by atoms with Crippen LogP contribution in [-0.4, -0.2) is 22.3 Å². The lowest BCUT2D eigenvalue weighted by molar-refractivity contribution is -0.132. The van der Waals surface area contributed by atoms with E-state index in [1.807, 2.05) is 18.0 Å². The number of carbonyl (C=O) groups excluding carboxylic acids is 1. The molecule has 1 unspecified atom stereocenters. The first-order valence-corrected chi connectivity index (χ1v) is 6.47. The molecule has 92 valence electrons. The Balaban J connectivity index is 2.32. The fourth-order valence-corrected chi connectivity index (χ4v) is 2.59. The molecular weight excluding hydrogens is 232 g/mol. The van der Waals surface area contributed by atoms with Crippen LogP contribution in [0.15, 0.2) is 12.3 Å². The van der Waals surface area contributed by atoms with E-state index in [9.17, 15) is 4.79 Å². The molecule has 0 bridgehead atoms. The summed E-state index contributed by atoms with van der Waals surface area (Å²) in [6, 6.07) is 2.32. The highest BCUT2D eigenvalue weighted by atomic mass is 32.1. The van der Waals surface area contributed by atoms with Crippen LogP contribution in [-0.2, 0) is 4.79 Å². The maximum absolute atomic E-state index is 11.6. The fourth-order valence-electron chi connectivity index (χ4n) is 2.47. The van der Waals surface area contributed by atoms with E-state index in [-0.39, 0.29) is 11.9 Å². The molecule has 3 nitrogen and oxygen atoms in total. The number of likely N-dealkylation sites (tertiary alicyclic amines) is 1. The first-order valence-electron chi connectivity index (χ1n) is 6.06. The standard InChI is InChI=1S/C13H18N2OS/c1-9-7-11(8-14-13(9)17)12-5-3-4-6-15(12)10(2)16/h7-8,12H,3-6H2,1-2H3,(H,14,17). The molecule has 1 aliphatic heterocycles. The van der Waals surface area contributed by atoms with Gasteiger partial charge in [0.05, 0.1) is 6.04 Å². The van der Waals surface area contributed by atoms with Gasteiger partial charge >= 0.3 is 0 Å². The molecule has 2 heterocycles. The van der Waals surface area contributed by atoms with Crippen molar-refractivity contribution >= 4 is 18.1 Å². The third kappa shape index (κ3) is 2.57. The highest BCUT2D eigenvalue weighted by Crippen LogP contribution is 2.30. The number of hydrogen-bond acceptors (Lipinski definition) is 2. The number of aromatic amines is 1. The van der Waals surface area contributed by atoms with E-state index in [0.717, 1.165) is 29.6 Å². The Morgan fingerprint density at radius 2 is 2.29 bits per heavy atom. The van der Waals surface area contributed by atoms with E-state index in [0.29, 0.717) is 0 Å². The van der Waals surface area contributed by atoms with Gasteiger partial charge < -0.3 is 9.88 Å². The number of pyridine rings is 1. The second kappa shape index (κ2) is 5.00. The lowest BCUT2D eigenvalue weighted by atomic mass is 9.95. The van der Waals surface area contributed by atoms with Crippen LogP contribution in [0.4, 0.5) is 0 Å². The van der Waals surface area contributed by atoms with E-state index in [4.69, 9.17) is 12.2 Å². The van der Waals surface area contributed by atoms with E-state index >= 15 is 0 Å². The van der Waals surface area contributed by atoms with E-state index in [1.54, 1.807) is 6.92 Å². The summed E-state index contributed by atoms with van der Waals surface area (Å²) >= 11 is 5.16. The van der Waals surface area contributed by atoms with Crippen molar-refractivity contribution in [3.63, 3.8) is 0 Å². The normalized spacial score (nSPS) is 20.4. The van der Waals surface area contributed by atoms with Gasteiger partial charge in [-0.2, -0.15) is 0 Å². The Bertz CT molecular complexity index is 481. The summed E-state index contributed by atoms with van der Waals surface area (Å²) in [5.41, 5.74) is 2.25. The summed E-state index contributed by atoms with van der Waals surface area (Å²) < 4.78 is 0.777. The van der Waals surface area contributed by atoms with Gasteiger partial charge in [0, 0.05) is 19.7 Å². The zero-order valence-electron chi connectivity index (χ0n) is 10.3. The van der Waals surface area contributed by atoms with Gasteiger partial charge in [-0.05, 0) is 43.4 Å². The third-order valence-corrected chi connectivity index (χ3v) is 3.84. The molecule has 1 aromatic rings. The molecule has 2 rings (SSSR count). The summed E-state index contributed by atoms with van der Waals surface area (Å²) in [5.74, 6) is 0.162. The Hall–Kier alpha value is -1.16. The van der Waals surface area contributed by atoms with Crippen molar-refractivity contribution in [3.8, 4) is 0 Å². The molecule has 0 aliphatic carbocycles. The molecule has 1 fully saturated rings. The average Bonchev–Trinajstić information content (AvgIpc) is 2.32. The molecule has 0 aromatic carbocycles. The summed E-state index contributed by atoms with van der Waals surface area (Å²) in [6.07, 6.45) is 5.28. The molecule has 0 saturated carbocycles. The first-order chi connectivity index (χ1) is 8.09. The van der Waals surface area contributed by atoms with E-state index in [1.165, 1.54) is 12.0 Å². The number of H-pyrrole nitrogens is 1. The molecule has 1 aromatic heterocycles. The predicted octanol–water partition coefficient (Wildman–Crippen LogP) is 3.13. The zero-order valence-corrected chi connectivity index (χ0v) is 11.1. The minimum absolute atomic E-state index is 0.162. The van der Waals surface area contributed by atoms with Gasteiger partial charge in [-0.3, -0.25) is 4.79 Å². The zero-order chi connectivity index (χ0) is 12.4. The van der Waals surface area contributed by atoms with Crippen molar-refractivity contribution in [2.45, 2.75) is 39.2 Å². The summed E-state index contributed by atoms with van der Waals surface area (Å²) in [7, 11) is 0. The first kappa shape index (κ1) is 12.3. The third-order valence-electron chi connectivity index (χ3n) is 3.40. The number of aromatic nitrogens is 1. The van der Waals surface area contributed by atoms with Crippen LogP contribution in [0.25, 0.3) is 0 Å². The molecule has 1 amide bonds. The molecule has 0 radical (unpaired) electrons. The highest BCUT2D eigenvalue weighted by Gasteiger charge is 2.25. The van der Waals surface area contributed by atoms with Gasteiger partial charge in [-0.1, -0.05) is 12.2 Å². The Morgan fingerprint density at radius 1 is 1.53 bits per heavy atom. The quantitative estimate of drug-likeness (QED) is 0.777. The van der Waals surface area contributed by atoms with Gasteiger partial charge in [0.2, 0.25) is 5.91 Å². The number of nitrogens with one attached hydrogen (secondary N) is 1. The number of hydrogen-bond donors (Lipinski definition) is 1. The van der Waals surface area contributed by atoms with Gasteiger partial charge in [0.15, 0.2) is 0 Å². The van der Waals surface area contributed by atoms with Crippen LogP contribution in [0.3, 0.4) is 0 Å². The van der Waals surface area contributed by atoms with E-state index in [2.05, 4.69) is 11.1 Å². The van der Waals surface area contributed by atoms with Crippen LogP contribution < -0.4 is 0 Å². The van der Waals surface area contributed by atoms with Crippen LogP contribution in [0.5, 0.6) is 0 Å². The maximum Gasteiger partial charge on any atom is 0.219 e. The number of rotatable bonds is 1. The highest BCUT2D eigenvalue weighted by molar-refractivity contribution is 7.71. The van der Waals surface area contributed by atoms with Crippen LogP contribution >= 0.6 is 12.2 Å². The Kier molecular flexibility index (Phi) is 3.62. The summed E-state index contributed by atoms with van der Waals surface area (Å²) in [6.45, 7) is 4.52. The van der Waals surface area contributed by atoms with E-state index < -0.39 is 0 Å². The molecule has 17 heavy (non-hydrogen) atoms. The molecular formula is C13H18N2OS. The Labute approximate surface area is 107 Å². The lowest BCUT2D eigenvalue weighted by Crippen LogP contribution is -2.37. The van der Waals surface area contributed by atoms with Crippen molar-refractivity contribution in [2.24, 2.45) is 0 Å². The lowest BCUT2D eigenvalue weighted by Gasteiger charge is -2.35. The Morgan fingerprint density at radius 3 is 2.94 bits per heavy atom. The second-order valence-electron chi connectivity index (χ2n) is 4.67. The molecule has 1 N–H and O–H groups in total. The van der Waals surface area contributed by atoms with Gasteiger partial charge in [-0.15, -0.1) is 0 Å². The molecule has 1 saturated heterocycles. The van der Waals surface area contributed by atoms with Crippen LogP contribution in [0.2, 0.25) is 0 Å². The van der Waals surface area contributed by atoms with Crippen LogP contribution in [0, 0.1) is 11.6 Å². The van der Waals surface area contributed by atoms with Gasteiger partial charge in [0.25, 0.3) is 0 Å². The maximum atomic E-state index is 11.6. The van der Waals surface area contributed by atoms with Gasteiger partial charge in [-0.25, -0.2) is 0 Å². The molecule has 1 aliphatic rings. The van der Waals surface area contributed by atoms with Crippen molar-refractivity contribution in [2.75, 3.05) is 6.54 Å². The summed E-state index contributed by atoms with van der Waals surface area (Å²) in [4.78, 5) is 16.7. The van der Waals surface area contributed by atoms with Crippen molar-refractivity contribution in [1.29, 1.82) is 0 Å². The fraction of sp³-hybridized carbons (Fsp3) is 0.538. The SMILES string of the molecule is CC(=O)N1CCCCC1c1c[nH]c(=S)c(C)c1. The van der Waals surface area contributed by atoms with Crippen molar-refractivity contribution < 1.29 is 4.79 Å². The summed E-state index contributed by atoms with van der Waals surface area (Å²) in [5, 5.41) is 0. The minimum atomic E-state index is 0.162. The van der Waals surface area contributed by atoms with Gasteiger partial charge in [0.1, 0.15) is 4.64 Å². The van der Waals surface area contributed by atoms with Crippen molar-refractivity contribution in [1.82, 2.24) is 9.88 Å². The predicted molar refractivity (Wildman–Crippen MR) is 70.3 cm³/mol. The molecule has 4 heteroatoms. The number of nitrogens with zero attached hydrogens (tertiary/aromatic N) is 1. The number of carbonyl (C=O) groups is 1. The molecule has 1 atom stereocenters. The largest absolute Gasteiger partial charge is 0.352 e. The van der Waals surface area contributed by atoms with Crippen LogP contribution in [0.1, 0.15) is 43.4 Å². The molecule has 0 spiro atoms. The number of amides is 1. The monoisotopic (exact) mass is 250 g/mol. The average molecular weight is 250 g/mol. The number of aryl methyl sites for hydroxylation is 1. The smallest absolute Gasteiger partial charge is 0.219 e.